The second-order valence-corrected chi connectivity index (χ2v) is 13.3. The summed E-state index contributed by atoms with van der Waals surface area (Å²) in [5.74, 6) is 0.887. The van der Waals surface area contributed by atoms with Crippen LogP contribution in [0.5, 0.6) is 17.2 Å². The Morgan fingerprint density at radius 3 is 2.49 bits per heavy atom. The summed E-state index contributed by atoms with van der Waals surface area (Å²) in [5, 5.41) is 1.06. The Morgan fingerprint density at radius 1 is 1.02 bits per heavy atom. The molecule has 238 valence electrons. The SMILES string of the molecule is CN1CCN(CCCOc2cc3nccc(Oc4ccc(CC(=O)CC5=CC(C(C)(C)C)=NC5)c(Cl)c4)c3cc2C(N)=O)CC1. The lowest BCUT2D eigenvalue weighted by atomic mass is 9.89. The first kappa shape index (κ1) is 32.6. The number of likely N-dealkylation sites (N-methyl/N-ethyl adjacent to an activating group) is 1. The molecule has 10 heteroatoms. The summed E-state index contributed by atoms with van der Waals surface area (Å²) in [4.78, 5) is 39.0. The van der Waals surface area contributed by atoms with E-state index in [1.54, 1.807) is 36.5 Å². The quantitative estimate of drug-likeness (QED) is 0.254. The number of piperazine rings is 1. The number of carbonyl (C=O) groups is 2. The normalized spacial score (nSPS) is 16.0. The highest BCUT2D eigenvalue weighted by Gasteiger charge is 2.22. The molecule has 1 aromatic heterocycles. The average molecular weight is 632 g/mol. The number of aromatic nitrogens is 1. The zero-order valence-corrected chi connectivity index (χ0v) is 27.3. The van der Waals surface area contributed by atoms with Crippen molar-refractivity contribution < 1.29 is 19.1 Å². The number of primary amides is 1. The molecule has 1 amide bonds. The minimum Gasteiger partial charge on any atom is -0.493 e. The molecular formula is C35H42ClN5O4. The van der Waals surface area contributed by atoms with Gasteiger partial charge in [0.2, 0.25) is 0 Å². The number of ether oxygens (including phenoxy) is 2. The standard InChI is InChI=1S/C35H42ClN5O4/c1-35(2,3)33-17-23(22-39-33)16-25(42)18-24-6-7-26(19-29(24)36)45-31-8-9-38-30-21-32(28(34(37)43)20-27(30)31)44-15-5-10-41-13-11-40(4)12-14-41/h6-9,17,19-21H,5,10-16,18,22H2,1-4H3,(H2,37,43). The van der Waals surface area contributed by atoms with Crippen molar-refractivity contribution in [2.45, 2.75) is 40.0 Å². The summed E-state index contributed by atoms with van der Waals surface area (Å²) in [6.45, 7) is 12.5. The van der Waals surface area contributed by atoms with Crippen molar-refractivity contribution in [3.05, 3.63) is 70.4 Å². The second kappa shape index (κ2) is 14.1. The number of rotatable bonds is 12. The summed E-state index contributed by atoms with van der Waals surface area (Å²) in [6, 6.07) is 10.4. The molecule has 2 aliphatic rings. The van der Waals surface area contributed by atoms with Gasteiger partial charge in [-0.15, -0.1) is 0 Å². The fourth-order valence-electron chi connectivity index (χ4n) is 5.51. The van der Waals surface area contributed by atoms with Crippen LogP contribution in [-0.2, 0) is 11.2 Å². The third-order valence-corrected chi connectivity index (χ3v) is 8.52. The van der Waals surface area contributed by atoms with Gasteiger partial charge < -0.3 is 25.0 Å². The van der Waals surface area contributed by atoms with E-state index in [0.717, 1.165) is 56.0 Å². The molecule has 0 bridgehead atoms. The molecule has 0 unspecified atom stereocenters. The molecule has 3 heterocycles. The Bertz CT molecular complexity index is 1640. The number of carbonyl (C=O) groups excluding carboxylic acids is 2. The molecule has 0 spiro atoms. The van der Waals surface area contributed by atoms with Gasteiger partial charge in [0.15, 0.2) is 0 Å². The topological polar surface area (TPSA) is 110 Å². The summed E-state index contributed by atoms with van der Waals surface area (Å²) < 4.78 is 12.2. The van der Waals surface area contributed by atoms with Crippen LogP contribution < -0.4 is 15.2 Å². The number of hydrogen-bond acceptors (Lipinski definition) is 8. The van der Waals surface area contributed by atoms with Gasteiger partial charge in [-0.3, -0.25) is 19.6 Å². The minimum atomic E-state index is -0.590. The number of ketones is 1. The Balaban J connectivity index is 1.23. The predicted molar refractivity (Wildman–Crippen MR) is 179 cm³/mol. The van der Waals surface area contributed by atoms with Crippen molar-refractivity contribution in [1.82, 2.24) is 14.8 Å². The van der Waals surface area contributed by atoms with Crippen LogP contribution in [0.4, 0.5) is 0 Å². The van der Waals surface area contributed by atoms with Gasteiger partial charge in [-0.05, 0) is 54.9 Å². The Hall–Kier alpha value is -3.79. The van der Waals surface area contributed by atoms with Crippen molar-refractivity contribution in [2.24, 2.45) is 16.1 Å². The van der Waals surface area contributed by atoms with Crippen LogP contribution in [0, 0.1) is 5.41 Å². The zero-order chi connectivity index (χ0) is 32.1. The van der Waals surface area contributed by atoms with E-state index in [9.17, 15) is 9.59 Å². The molecule has 1 saturated heterocycles. The molecule has 2 N–H and O–H groups in total. The van der Waals surface area contributed by atoms with Gasteiger partial charge in [-0.1, -0.05) is 38.4 Å². The molecule has 2 aliphatic heterocycles. The first-order valence-electron chi connectivity index (χ1n) is 15.4. The van der Waals surface area contributed by atoms with Crippen LogP contribution in [0.3, 0.4) is 0 Å². The van der Waals surface area contributed by atoms with Crippen LogP contribution >= 0.6 is 11.6 Å². The number of fused-ring (bicyclic) bond motifs is 1. The molecule has 3 aromatic rings. The third-order valence-electron chi connectivity index (χ3n) is 8.17. The maximum absolute atomic E-state index is 12.8. The first-order valence-corrected chi connectivity index (χ1v) is 15.8. The van der Waals surface area contributed by atoms with Crippen LogP contribution in [0.1, 0.15) is 49.5 Å². The molecule has 0 aliphatic carbocycles. The Labute approximate surface area is 270 Å². The molecule has 1 fully saturated rings. The van der Waals surface area contributed by atoms with Crippen molar-refractivity contribution in [3.63, 3.8) is 0 Å². The number of pyridine rings is 1. The van der Waals surface area contributed by atoms with E-state index in [1.165, 1.54) is 0 Å². The molecule has 9 nitrogen and oxygen atoms in total. The summed E-state index contributed by atoms with van der Waals surface area (Å²) >= 11 is 6.60. The molecule has 0 radical (unpaired) electrons. The maximum Gasteiger partial charge on any atom is 0.252 e. The number of halogens is 1. The average Bonchev–Trinajstić information content (AvgIpc) is 3.46. The van der Waals surface area contributed by atoms with E-state index < -0.39 is 5.91 Å². The van der Waals surface area contributed by atoms with Crippen molar-refractivity contribution in [3.8, 4) is 17.2 Å². The van der Waals surface area contributed by atoms with Crippen molar-refractivity contribution in [1.29, 1.82) is 0 Å². The lowest BCUT2D eigenvalue weighted by Crippen LogP contribution is -2.44. The number of aliphatic imine (C=N–C) groups is 1. The summed E-state index contributed by atoms with van der Waals surface area (Å²) in [6.07, 6.45) is 5.09. The highest BCUT2D eigenvalue weighted by molar-refractivity contribution is 6.31. The molecule has 0 saturated carbocycles. The van der Waals surface area contributed by atoms with Crippen LogP contribution in [0.15, 0.2) is 59.2 Å². The van der Waals surface area contributed by atoms with E-state index in [4.69, 9.17) is 26.8 Å². The number of benzene rings is 2. The van der Waals surface area contributed by atoms with E-state index >= 15 is 0 Å². The number of nitrogens with zero attached hydrogens (tertiary/aromatic N) is 4. The molecule has 5 rings (SSSR count). The number of hydrogen-bond donors (Lipinski definition) is 1. The number of nitrogens with two attached hydrogens (primary N) is 1. The summed E-state index contributed by atoms with van der Waals surface area (Å²) in [5.41, 5.74) is 9.37. The van der Waals surface area contributed by atoms with Gasteiger partial charge in [-0.2, -0.15) is 0 Å². The smallest absolute Gasteiger partial charge is 0.252 e. The third kappa shape index (κ3) is 8.48. The van der Waals surface area contributed by atoms with E-state index in [0.29, 0.717) is 52.7 Å². The lowest BCUT2D eigenvalue weighted by molar-refractivity contribution is -0.117. The van der Waals surface area contributed by atoms with Gasteiger partial charge in [0.1, 0.15) is 23.0 Å². The fourth-order valence-corrected chi connectivity index (χ4v) is 5.75. The molecule has 2 aromatic carbocycles. The maximum atomic E-state index is 12.8. The van der Waals surface area contributed by atoms with Gasteiger partial charge in [0.25, 0.3) is 5.91 Å². The highest BCUT2D eigenvalue weighted by Crippen LogP contribution is 2.35. The zero-order valence-electron chi connectivity index (χ0n) is 26.6. The van der Waals surface area contributed by atoms with E-state index in [-0.39, 0.29) is 23.2 Å². The molecular weight excluding hydrogens is 590 g/mol. The van der Waals surface area contributed by atoms with E-state index in [1.807, 2.05) is 12.1 Å². The van der Waals surface area contributed by atoms with Crippen molar-refractivity contribution >= 4 is 39.9 Å². The summed E-state index contributed by atoms with van der Waals surface area (Å²) in [7, 11) is 2.14. The number of amides is 1. The highest BCUT2D eigenvalue weighted by atomic mass is 35.5. The predicted octanol–water partition coefficient (Wildman–Crippen LogP) is 5.72. The van der Waals surface area contributed by atoms with Gasteiger partial charge in [0, 0.05) is 79.4 Å². The van der Waals surface area contributed by atoms with Crippen LogP contribution in [0.2, 0.25) is 5.02 Å². The number of allylic oxidation sites excluding steroid dienone is 1. The van der Waals surface area contributed by atoms with Crippen molar-refractivity contribution in [2.75, 3.05) is 52.9 Å². The lowest BCUT2D eigenvalue weighted by Gasteiger charge is -2.32. The largest absolute Gasteiger partial charge is 0.493 e. The minimum absolute atomic E-state index is 0.0357. The van der Waals surface area contributed by atoms with Gasteiger partial charge in [0.05, 0.1) is 24.2 Å². The molecule has 0 atom stereocenters. The Morgan fingerprint density at radius 2 is 1.80 bits per heavy atom. The monoisotopic (exact) mass is 631 g/mol. The van der Waals surface area contributed by atoms with Crippen LogP contribution in [-0.4, -0.2) is 85.1 Å². The fraction of sp³-hybridized carbons (Fsp3) is 0.429. The van der Waals surface area contributed by atoms with Crippen LogP contribution in [0.25, 0.3) is 10.9 Å². The van der Waals surface area contributed by atoms with Gasteiger partial charge in [-0.25, -0.2) is 0 Å². The molecule has 45 heavy (non-hydrogen) atoms. The van der Waals surface area contributed by atoms with Gasteiger partial charge >= 0.3 is 0 Å². The van der Waals surface area contributed by atoms with E-state index in [2.05, 4.69) is 47.6 Å². The first-order chi connectivity index (χ1) is 21.5. The Kier molecular flexibility index (Phi) is 10.2. The number of Topliss-reactive ketones (excluding diaryl/α,β-unsaturated/α-hetero) is 1. The second-order valence-electron chi connectivity index (χ2n) is 12.9.